The second kappa shape index (κ2) is 5.22. The first-order chi connectivity index (χ1) is 8.61. The minimum absolute atomic E-state index is 0.187. The number of fused-ring (bicyclic) bond motifs is 1. The number of amides is 1. The van der Waals surface area contributed by atoms with Gasteiger partial charge in [-0.05, 0) is 18.1 Å². The number of rotatable bonds is 3. The predicted molar refractivity (Wildman–Crippen MR) is 66.9 cm³/mol. The van der Waals surface area contributed by atoms with Crippen LogP contribution in [-0.2, 0) is 17.7 Å². The molecular formula is C12H13NO4S. The van der Waals surface area contributed by atoms with Gasteiger partial charge in [-0.3, -0.25) is 0 Å². The topological polar surface area (TPSA) is 66.8 Å². The summed E-state index contributed by atoms with van der Waals surface area (Å²) in [7, 11) is 0. The van der Waals surface area contributed by atoms with E-state index in [0.29, 0.717) is 24.4 Å². The van der Waals surface area contributed by atoms with Gasteiger partial charge in [0, 0.05) is 11.4 Å². The lowest BCUT2D eigenvalue weighted by Crippen LogP contribution is -2.35. The summed E-state index contributed by atoms with van der Waals surface area (Å²) >= 11 is 1.28. The van der Waals surface area contributed by atoms with E-state index in [1.165, 1.54) is 17.4 Å². The van der Waals surface area contributed by atoms with Gasteiger partial charge >= 0.3 is 12.1 Å². The Balaban J connectivity index is 2.07. The van der Waals surface area contributed by atoms with Gasteiger partial charge in [0.15, 0.2) is 0 Å². The van der Waals surface area contributed by atoms with Crippen LogP contribution in [0.4, 0.5) is 4.79 Å². The highest BCUT2D eigenvalue weighted by Crippen LogP contribution is 2.28. The molecule has 18 heavy (non-hydrogen) atoms. The first kappa shape index (κ1) is 12.6. The summed E-state index contributed by atoms with van der Waals surface area (Å²) in [6, 6.07) is 1.63. The molecule has 0 unspecified atom stereocenters. The summed E-state index contributed by atoms with van der Waals surface area (Å²) in [4.78, 5) is 25.5. The van der Waals surface area contributed by atoms with Crippen molar-refractivity contribution in [2.45, 2.75) is 13.0 Å². The molecule has 96 valence electrons. The summed E-state index contributed by atoms with van der Waals surface area (Å²) in [5, 5.41) is 8.92. The van der Waals surface area contributed by atoms with E-state index in [9.17, 15) is 9.59 Å². The predicted octanol–water partition coefficient (Wildman–Crippen LogP) is 2.13. The maximum absolute atomic E-state index is 11.7. The number of hydrogen-bond acceptors (Lipinski definition) is 4. The van der Waals surface area contributed by atoms with E-state index in [1.807, 2.05) is 0 Å². The molecule has 0 radical (unpaired) electrons. The highest BCUT2D eigenvalue weighted by Gasteiger charge is 2.24. The summed E-state index contributed by atoms with van der Waals surface area (Å²) in [6.07, 6.45) is 1.81. The van der Waals surface area contributed by atoms with Gasteiger partial charge < -0.3 is 14.7 Å². The Morgan fingerprint density at radius 1 is 1.61 bits per heavy atom. The lowest BCUT2D eigenvalue weighted by atomic mass is 10.1. The molecule has 0 saturated heterocycles. The Kier molecular flexibility index (Phi) is 3.66. The van der Waals surface area contributed by atoms with Gasteiger partial charge in [0.05, 0.1) is 6.54 Å². The van der Waals surface area contributed by atoms with E-state index in [0.717, 1.165) is 10.4 Å². The fourth-order valence-electron chi connectivity index (χ4n) is 1.82. The molecule has 2 heterocycles. The fourth-order valence-corrected chi connectivity index (χ4v) is 2.82. The quantitative estimate of drug-likeness (QED) is 0.852. The molecule has 1 aliphatic rings. The van der Waals surface area contributed by atoms with E-state index < -0.39 is 5.97 Å². The van der Waals surface area contributed by atoms with Crippen LogP contribution in [0.1, 0.15) is 20.1 Å². The fraction of sp³-hybridized carbons (Fsp3) is 0.333. The molecule has 0 spiro atoms. The number of aromatic carboxylic acids is 1. The summed E-state index contributed by atoms with van der Waals surface area (Å²) in [6.45, 7) is 4.63. The van der Waals surface area contributed by atoms with Crippen molar-refractivity contribution in [3.8, 4) is 0 Å². The van der Waals surface area contributed by atoms with Gasteiger partial charge in [-0.25, -0.2) is 9.59 Å². The van der Waals surface area contributed by atoms with E-state index >= 15 is 0 Å². The maximum Gasteiger partial charge on any atom is 0.410 e. The standard InChI is InChI=1S/C12H13NO4S/c1-2-5-17-12(16)13-4-3-9-8(7-13)6-10(18-9)11(14)15/h2,6H,1,3-5,7H2,(H,14,15). The number of carbonyl (C=O) groups is 2. The lowest BCUT2D eigenvalue weighted by Gasteiger charge is -2.25. The van der Waals surface area contributed by atoms with Crippen LogP contribution in [0.25, 0.3) is 0 Å². The van der Waals surface area contributed by atoms with Gasteiger partial charge in [-0.15, -0.1) is 11.3 Å². The Labute approximate surface area is 108 Å². The van der Waals surface area contributed by atoms with Crippen molar-refractivity contribution in [3.63, 3.8) is 0 Å². The third kappa shape index (κ3) is 2.53. The number of carboxylic acid groups (broad SMARTS) is 1. The SMILES string of the molecule is C=CCOC(=O)N1CCc2sc(C(=O)O)cc2C1. The molecule has 0 bridgehead atoms. The second-order valence-electron chi connectivity index (χ2n) is 3.90. The normalized spacial score (nSPS) is 13.9. The summed E-state index contributed by atoms with van der Waals surface area (Å²) in [5.41, 5.74) is 0.902. The van der Waals surface area contributed by atoms with Crippen LogP contribution < -0.4 is 0 Å². The molecule has 0 fully saturated rings. The van der Waals surface area contributed by atoms with Crippen LogP contribution in [0.5, 0.6) is 0 Å². The van der Waals surface area contributed by atoms with Crippen molar-refractivity contribution in [3.05, 3.63) is 34.0 Å². The van der Waals surface area contributed by atoms with Crippen molar-refractivity contribution < 1.29 is 19.4 Å². The third-order valence-electron chi connectivity index (χ3n) is 2.66. The highest BCUT2D eigenvalue weighted by atomic mass is 32.1. The van der Waals surface area contributed by atoms with Gasteiger partial charge in [0.2, 0.25) is 0 Å². The number of carboxylic acids is 1. The zero-order chi connectivity index (χ0) is 13.1. The number of ether oxygens (including phenoxy) is 1. The Bertz CT molecular complexity index is 494. The Morgan fingerprint density at radius 3 is 3.06 bits per heavy atom. The molecule has 0 aromatic carbocycles. The van der Waals surface area contributed by atoms with Crippen LogP contribution in [0.15, 0.2) is 18.7 Å². The monoisotopic (exact) mass is 267 g/mol. The van der Waals surface area contributed by atoms with Crippen molar-refractivity contribution in [1.29, 1.82) is 0 Å². The van der Waals surface area contributed by atoms with Gasteiger partial charge in [-0.1, -0.05) is 12.7 Å². The minimum atomic E-state index is -0.921. The summed E-state index contributed by atoms with van der Waals surface area (Å²) in [5.74, 6) is -0.921. The Hall–Kier alpha value is -1.82. The first-order valence-electron chi connectivity index (χ1n) is 5.49. The summed E-state index contributed by atoms with van der Waals surface area (Å²) < 4.78 is 4.96. The zero-order valence-corrected chi connectivity index (χ0v) is 10.5. The number of nitrogens with zero attached hydrogens (tertiary/aromatic N) is 1. The van der Waals surface area contributed by atoms with Gasteiger partial charge in [0.1, 0.15) is 11.5 Å². The zero-order valence-electron chi connectivity index (χ0n) is 9.72. The number of thiophene rings is 1. The smallest absolute Gasteiger partial charge is 0.410 e. The molecule has 1 aromatic heterocycles. The van der Waals surface area contributed by atoms with Crippen molar-refractivity contribution in [1.82, 2.24) is 4.90 Å². The molecule has 0 aliphatic carbocycles. The molecule has 1 aromatic rings. The molecule has 0 saturated carbocycles. The largest absolute Gasteiger partial charge is 0.477 e. The van der Waals surface area contributed by atoms with E-state index in [-0.39, 0.29) is 12.7 Å². The van der Waals surface area contributed by atoms with Crippen LogP contribution in [0, 0.1) is 0 Å². The van der Waals surface area contributed by atoms with Crippen molar-refractivity contribution in [2.75, 3.05) is 13.2 Å². The molecule has 6 heteroatoms. The minimum Gasteiger partial charge on any atom is -0.477 e. The first-order valence-corrected chi connectivity index (χ1v) is 6.31. The van der Waals surface area contributed by atoms with Crippen LogP contribution in [0.3, 0.4) is 0 Å². The van der Waals surface area contributed by atoms with E-state index in [1.54, 1.807) is 11.0 Å². The lowest BCUT2D eigenvalue weighted by molar-refractivity contribution is 0.0702. The average molecular weight is 267 g/mol. The number of hydrogen-bond donors (Lipinski definition) is 1. The third-order valence-corrected chi connectivity index (χ3v) is 3.89. The van der Waals surface area contributed by atoms with Gasteiger partial charge in [0.25, 0.3) is 0 Å². The van der Waals surface area contributed by atoms with Crippen LogP contribution in [-0.4, -0.2) is 35.2 Å². The van der Waals surface area contributed by atoms with Gasteiger partial charge in [-0.2, -0.15) is 0 Å². The molecule has 5 nitrogen and oxygen atoms in total. The highest BCUT2D eigenvalue weighted by molar-refractivity contribution is 7.14. The number of carbonyl (C=O) groups excluding carboxylic acids is 1. The molecule has 1 N–H and O–H groups in total. The van der Waals surface area contributed by atoms with E-state index in [2.05, 4.69) is 6.58 Å². The molecule has 1 amide bonds. The molecule has 2 rings (SSSR count). The second-order valence-corrected chi connectivity index (χ2v) is 5.04. The molecule has 1 aliphatic heterocycles. The maximum atomic E-state index is 11.7. The van der Waals surface area contributed by atoms with Crippen molar-refractivity contribution >= 4 is 23.4 Å². The Morgan fingerprint density at radius 2 is 2.39 bits per heavy atom. The average Bonchev–Trinajstić information content (AvgIpc) is 2.78. The molecular weight excluding hydrogens is 254 g/mol. The van der Waals surface area contributed by atoms with E-state index in [4.69, 9.17) is 9.84 Å². The van der Waals surface area contributed by atoms with Crippen LogP contribution in [0.2, 0.25) is 0 Å². The van der Waals surface area contributed by atoms with Crippen LogP contribution >= 0.6 is 11.3 Å². The molecule has 0 atom stereocenters. The van der Waals surface area contributed by atoms with Crippen molar-refractivity contribution in [2.24, 2.45) is 0 Å².